The van der Waals surface area contributed by atoms with Crippen molar-refractivity contribution in [2.75, 3.05) is 11.9 Å². The van der Waals surface area contributed by atoms with E-state index in [9.17, 15) is 9.59 Å². The maximum absolute atomic E-state index is 11.6. The van der Waals surface area contributed by atoms with Crippen LogP contribution in [0.4, 0.5) is 5.69 Å². The van der Waals surface area contributed by atoms with E-state index >= 15 is 0 Å². The number of esters is 1. The van der Waals surface area contributed by atoms with Gasteiger partial charge in [0.25, 0.3) is 5.91 Å². The van der Waals surface area contributed by atoms with Gasteiger partial charge in [0.1, 0.15) is 0 Å². The van der Waals surface area contributed by atoms with Crippen LogP contribution < -0.4 is 5.32 Å². The van der Waals surface area contributed by atoms with Crippen LogP contribution in [0.3, 0.4) is 0 Å². The lowest BCUT2D eigenvalue weighted by Gasteiger charge is -2.22. The number of carbonyl (C=O) groups excluding carboxylic acids is 2. The molecule has 18 heavy (non-hydrogen) atoms. The fourth-order valence-corrected chi connectivity index (χ4v) is 2.06. The highest BCUT2D eigenvalue weighted by atomic mass is 79.9. The van der Waals surface area contributed by atoms with E-state index in [1.165, 1.54) is 0 Å². The van der Waals surface area contributed by atoms with Crippen molar-refractivity contribution in [3.8, 4) is 0 Å². The summed E-state index contributed by atoms with van der Waals surface area (Å²) in [5.41, 5.74) is 0.675. The first kappa shape index (κ1) is 13.1. The quantitative estimate of drug-likeness (QED) is 0.870. The molecule has 2 rings (SSSR count). The normalized spacial score (nSPS) is 14.7. The largest absolute Gasteiger partial charge is 0.455 e. The van der Waals surface area contributed by atoms with Crippen LogP contribution in [0, 0.1) is 5.92 Å². The predicted octanol–water partition coefficient (Wildman–Crippen LogP) is 2.73. The first-order valence-electron chi connectivity index (χ1n) is 5.87. The summed E-state index contributed by atoms with van der Waals surface area (Å²) < 4.78 is 5.83. The number of ether oxygens (including phenoxy) is 1. The number of anilines is 1. The minimum Gasteiger partial charge on any atom is -0.455 e. The van der Waals surface area contributed by atoms with E-state index in [-0.39, 0.29) is 24.4 Å². The van der Waals surface area contributed by atoms with Crippen molar-refractivity contribution in [2.24, 2.45) is 5.92 Å². The summed E-state index contributed by atoms with van der Waals surface area (Å²) in [5.74, 6) is -0.574. The average molecular weight is 312 g/mol. The summed E-state index contributed by atoms with van der Waals surface area (Å²) in [6.07, 6.45) is 2.84. The third-order valence-electron chi connectivity index (χ3n) is 2.89. The van der Waals surface area contributed by atoms with Crippen LogP contribution >= 0.6 is 15.9 Å². The molecule has 0 saturated heterocycles. The third kappa shape index (κ3) is 3.57. The monoisotopic (exact) mass is 311 g/mol. The molecule has 1 aliphatic carbocycles. The van der Waals surface area contributed by atoms with Gasteiger partial charge in [-0.05, 0) is 31.0 Å². The molecule has 0 aromatic heterocycles. The first-order valence-corrected chi connectivity index (χ1v) is 6.66. The minimum atomic E-state index is -0.319. The Balaban J connectivity index is 1.76. The van der Waals surface area contributed by atoms with Gasteiger partial charge in [-0.2, -0.15) is 0 Å². The second-order valence-electron chi connectivity index (χ2n) is 4.29. The van der Waals surface area contributed by atoms with Gasteiger partial charge in [0, 0.05) is 10.2 Å². The van der Waals surface area contributed by atoms with E-state index in [0.717, 1.165) is 23.7 Å². The van der Waals surface area contributed by atoms with Crippen molar-refractivity contribution < 1.29 is 14.3 Å². The van der Waals surface area contributed by atoms with Crippen LogP contribution in [0.25, 0.3) is 0 Å². The fraction of sp³-hybridized carbons (Fsp3) is 0.385. The van der Waals surface area contributed by atoms with Crippen LogP contribution in [-0.2, 0) is 14.3 Å². The van der Waals surface area contributed by atoms with Gasteiger partial charge in [-0.15, -0.1) is 0 Å². The Morgan fingerprint density at radius 2 is 2.17 bits per heavy atom. The third-order valence-corrected chi connectivity index (χ3v) is 3.39. The van der Waals surface area contributed by atoms with Gasteiger partial charge in [0.05, 0.1) is 5.92 Å². The average Bonchev–Trinajstić information content (AvgIpc) is 2.24. The highest BCUT2D eigenvalue weighted by molar-refractivity contribution is 9.10. The molecular formula is C13H14BrNO3. The topological polar surface area (TPSA) is 55.4 Å². The van der Waals surface area contributed by atoms with Gasteiger partial charge in [-0.25, -0.2) is 0 Å². The Morgan fingerprint density at radius 1 is 1.39 bits per heavy atom. The zero-order valence-corrected chi connectivity index (χ0v) is 11.4. The summed E-state index contributed by atoms with van der Waals surface area (Å²) in [4.78, 5) is 23.0. The lowest BCUT2D eigenvalue weighted by molar-refractivity contribution is -0.154. The van der Waals surface area contributed by atoms with Gasteiger partial charge < -0.3 is 10.1 Å². The van der Waals surface area contributed by atoms with E-state index in [0.29, 0.717) is 5.69 Å². The molecule has 1 aromatic carbocycles. The van der Waals surface area contributed by atoms with Crippen molar-refractivity contribution in [3.05, 3.63) is 28.7 Å². The van der Waals surface area contributed by atoms with Gasteiger partial charge in [0.15, 0.2) is 6.61 Å². The number of benzene rings is 1. The molecule has 5 heteroatoms. The molecule has 1 aliphatic rings. The Labute approximate surface area is 114 Å². The lowest BCUT2D eigenvalue weighted by atomic mass is 9.86. The maximum atomic E-state index is 11.6. The second kappa shape index (κ2) is 6.00. The molecule has 1 fully saturated rings. The Bertz CT molecular complexity index is 457. The predicted molar refractivity (Wildman–Crippen MR) is 71.1 cm³/mol. The van der Waals surface area contributed by atoms with E-state index in [1.54, 1.807) is 12.1 Å². The summed E-state index contributed by atoms with van der Waals surface area (Å²) in [6, 6.07) is 7.24. The Hall–Kier alpha value is -1.36. The van der Waals surface area contributed by atoms with Gasteiger partial charge in [0.2, 0.25) is 0 Å². The smallest absolute Gasteiger partial charge is 0.309 e. The molecule has 0 atom stereocenters. The molecule has 0 aliphatic heterocycles. The zero-order valence-electron chi connectivity index (χ0n) is 9.82. The minimum absolute atomic E-state index is 0.00340. The SMILES string of the molecule is O=C(COC(=O)C1CCC1)Nc1cccc(Br)c1. The molecule has 0 spiro atoms. The summed E-state index contributed by atoms with van der Waals surface area (Å²) in [5, 5.41) is 2.67. The number of halogens is 1. The zero-order chi connectivity index (χ0) is 13.0. The van der Waals surface area contributed by atoms with Crippen molar-refractivity contribution in [3.63, 3.8) is 0 Å². The van der Waals surface area contributed by atoms with Crippen LogP contribution in [0.2, 0.25) is 0 Å². The van der Waals surface area contributed by atoms with Gasteiger partial charge in [-0.1, -0.05) is 28.4 Å². The van der Waals surface area contributed by atoms with Crippen LogP contribution in [0.15, 0.2) is 28.7 Å². The first-order chi connectivity index (χ1) is 8.65. The van der Waals surface area contributed by atoms with Crippen molar-refractivity contribution >= 4 is 33.5 Å². The number of hydrogen-bond donors (Lipinski definition) is 1. The molecule has 1 saturated carbocycles. The Kier molecular flexibility index (Phi) is 4.36. The summed E-state index contributed by atoms with van der Waals surface area (Å²) >= 11 is 3.31. The molecule has 0 heterocycles. The second-order valence-corrected chi connectivity index (χ2v) is 5.21. The molecule has 0 unspecified atom stereocenters. The standard InChI is InChI=1S/C13H14BrNO3/c14-10-5-2-6-11(7-10)15-12(16)8-18-13(17)9-3-1-4-9/h2,5-7,9H,1,3-4,8H2,(H,15,16). The fourth-order valence-electron chi connectivity index (χ4n) is 1.66. The van der Waals surface area contributed by atoms with Crippen molar-refractivity contribution in [1.82, 2.24) is 0 Å². The summed E-state index contributed by atoms with van der Waals surface area (Å²) in [6.45, 7) is -0.220. The van der Waals surface area contributed by atoms with Crippen molar-refractivity contribution in [2.45, 2.75) is 19.3 Å². The highest BCUT2D eigenvalue weighted by Crippen LogP contribution is 2.27. The highest BCUT2D eigenvalue weighted by Gasteiger charge is 2.27. The number of amides is 1. The molecule has 0 bridgehead atoms. The summed E-state index contributed by atoms with van der Waals surface area (Å²) in [7, 11) is 0. The van der Waals surface area contributed by atoms with E-state index in [4.69, 9.17) is 4.74 Å². The lowest BCUT2D eigenvalue weighted by Crippen LogP contribution is -2.28. The van der Waals surface area contributed by atoms with Crippen LogP contribution in [0.5, 0.6) is 0 Å². The molecule has 1 amide bonds. The molecule has 1 N–H and O–H groups in total. The maximum Gasteiger partial charge on any atom is 0.309 e. The number of hydrogen-bond acceptors (Lipinski definition) is 3. The molecule has 4 nitrogen and oxygen atoms in total. The molecule has 0 radical (unpaired) electrons. The van der Waals surface area contributed by atoms with E-state index < -0.39 is 0 Å². The molecule has 96 valence electrons. The van der Waals surface area contributed by atoms with Crippen LogP contribution in [-0.4, -0.2) is 18.5 Å². The van der Waals surface area contributed by atoms with E-state index in [2.05, 4.69) is 21.2 Å². The molecular weight excluding hydrogens is 298 g/mol. The molecule has 1 aromatic rings. The number of carbonyl (C=O) groups is 2. The Morgan fingerprint density at radius 3 is 2.78 bits per heavy atom. The van der Waals surface area contributed by atoms with Gasteiger partial charge >= 0.3 is 5.97 Å². The van der Waals surface area contributed by atoms with Crippen molar-refractivity contribution in [1.29, 1.82) is 0 Å². The number of rotatable bonds is 4. The van der Waals surface area contributed by atoms with E-state index in [1.807, 2.05) is 12.1 Å². The van der Waals surface area contributed by atoms with Crippen LogP contribution in [0.1, 0.15) is 19.3 Å². The number of nitrogens with one attached hydrogen (secondary N) is 1. The van der Waals surface area contributed by atoms with Gasteiger partial charge in [-0.3, -0.25) is 9.59 Å².